The van der Waals surface area contributed by atoms with E-state index in [1.165, 1.54) is 4.31 Å². The summed E-state index contributed by atoms with van der Waals surface area (Å²) in [5.41, 5.74) is 7.85. The molecule has 1 atom stereocenters. The van der Waals surface area contributed by atoms with Crippen LogP contribution in [0, 0.1) is 13.8 Å². The maximum absolute atomic E-state index is 12.8. The summed E-state index contributed by atoms with van der Waals surface area (Å²) < 4.78 is 27.1. The van der Waals surface area contributed by atoms with Gasteiger partial charge < -0.3 is 5.73 Å². The molecule has 1 unspecified atom stereocenters. The first kappa shape index (κ1) is 17.3. The number of nitrogens with zero attached hydrogens (tertiary/aromatic N) is 1. The van der Waals surface area contributed by atoms with Crippen LogP contribution in [0.3, 0.4) is 0 Å². The molecule has 114 valence electrons. The molecule has 0 saturated carbocycles. The third-order valence-corrected chi connectivity index (χ3v) is 6.42. The Morgan fingerprint density at radius 3 is 2.35 bits per heavy atom. The van der Waals surface area contributed by atoms with Gasteiger partial charge in [-0.25, -0.2) is 8.42 Å². The van der Waals surface area contributed by atoms with E-state index >= 15 is 0 Å². The number of benzene rings is 1. The monoisotopic (exact) mass is 316 g/mol. The van der Waals surface area contributed by atoms with Crippen LogP contribution >= 0.6 is 11.8 Å². The first-order valence-electron chi connectivity index (χ1n) is 6.60. The minimum absolute atomic E-state index is 0.0192. The first-order valence-corrected chi connectivity index (χ1v) is 9.43. The Hall–Kier alpha value is -0.720. The number of rotatable bonds is 6. The van der Waals surface area contributed by atoms with Crippen LogP contribution in [0.5, 0.6) is 0 Å². The standard InChI is InChI=1S/C14H24N2O2S2/c1-6-12(9-19-5)16(4)20(17,18)14-11(3)8-7-10(2)13(14)15/h7-8,12H,6,9,15H2,1-5H3. The van der Waals surface area contributed by atoms with Crippen molar-refractivity contribution < 1.29 is 8.42 Å². The van der Waals surface area contributed by atoms with Gasteiger partial charge in [0.05, 0.1) is 5.69 Å². The maximum atomic E-state index is 12.8. The lowest BCUT2D eigenvalue weighted by Crippen LogP contribution is -2.38. The Bertz CT molecular complexity index is 571. The van der Waals surface area contributed by atoms with Gasteiger partial charge in [0.15, 0.2) is 0 Å². The van der Waals surface area contributed by atoms with Crippen LogP contribution in [0.2, 0.25) is 0 Å². The molecular formula is C14H24N2O2S2. The fraction of sp³-hybridized carbons (Fsp3) is 0.571. The zero-order chi connectivity index (χ0) is 15.5. The number of anilines is 1. The summed E-state index contributed by atoms with van der Waals surface area (Å²) in [4.78, 5) is 0.250. The van der Waals surface area contributed by atoms with Crippen LogP contribution in [0.15, 0.2) is 17.0 Å². The highest BCUT2D eigenvalue weighted by atomic mass is 32.2. The van der Waals surface area contributed by atoms with Gasteiger partial charge in [0.25, 0.3) is 0 Å². The van der Waals surface area contributed by atoms with Crippen LogP contribution < -0.4 is 5.73 Å². The molecule has 0 spiro atoms. The molecular weight excluding hydrogens is 292 g/mol. The van der Waals surface area contributed by atoms with Gasteiger partial charge in [-0.05, 0) is 37.7 Å². The molecule has 0 amide bonds. The van der Waals surface area contributed by atoms with E-state index in [4.69, 9.17) is 5.73 Å². The van der Waals surface area contributed by atoms with Gasteiger partial charge in [0.2, 0.25) is 10.0 Å². The predicted octanol–water partition coefficient (Wildman–Crippen LogP) is 2.65. The molecule has 6 heteroatoms. The molecule has 1 aromatic carbocycles. The number of nitrogen functional groups attached to an aromatic ring is 1. The second kappa shape index (κ2) is 6.83. The van der Waals surface area contributed by atoms with Crippen LogP contribution in [0.1, 0.15) is 24.5 Å². The number of nitrogens with two attached hydrogens (primary N) is 1. The summed E-state index contributed by atoms with van der Waals surface area (Å²) in [6.07, 6.45) is 2.76. The summed E-state index contributed by atoms with van der Waals surface area (Å²) in [5.74, 6) is 0.775. The van der Waals surface area contributed by atoms with Crippen molar-refractivity contribution >= 4 is 27.5 Å². The minimum Gasteiger partial charge on any atom is -0.397 e. The number of hydrogen-bond acceptors (Lipinski definition) is 4. The second-order valence-electron chi connectivity index (χ2n) is 4.98. The minimum atomic E-state index is -3.56. The molecule has 0 aromatic heterocycles. The normalized spacial score (nSPS) is 13.7. The SMILES string of the molecule is CCC(CSC)N(C)S(=O)(=O)c1c(C)ccc(C)c1N. The molecule has 2 N–H and O–H groups in total. The fourth-order valence-electron chi connectivity index (χ4n) is 2.16. The predicted molar refractivity (Wildman–Crippen MR) is 87.7 cm³/mol. The van der Waals surface area contributed by atoms with Crippen molar-refractivity contribution in [3.05, 3.63) is 23.3 Å². The van der Waals surface area contributed by atoms with Gasteiger partial charge in [-0.2, -0.15) is 16.1 Å². The van der Waals surface area contributed by atoms with E-state index in [9.17, 15) is 8.42 Å². The highest BCUT2D eigenvalue weighted by Crippen LogP contribution is 2.29. The van der Waals surface area contributed by atoms with Gasteiger partial charge in [-0.1, -0.05) is 19.1 Å². The lowest BCUT2D eigenvalue weighted by Gasteiger charge is -2.27. The summed E-state index contributed by atoms with van der Waals surface area (Å²) in [7, 11) is -1.92. The lowest BCUT2D eigenvalue weighted by atomic mass is 10.1. The number of sulfonamides is 1. The molecule has 1 aromatic rings. The van der Waals surface area contributed by atoms with Crippen molar-refractivity contribution in [2.24, 2.45) is 0 Å². The zero-order valence-electron chi connectivity index (χ0n) is 12.8. The Kier molecular flexibility index (Phi) is 5.91. The van der Waals surface area contributed by atoms with Crippen molar-refractivity contribution in [1.82, 2.24) is 4.31 Å². The van der Waals surface area contributed by atoms with E-state index in [2.05, 4.69) is 0 Å². The van der Waals surface area contributed by atoms with E-state index in [-0.39, 0.29) is 10.9 Å². The van der Waals surface area contributed by atoms with E-state index < -0.39 is 10.0 Å². The van der Waals surface area contributed by atoms with Gasteiger partial charge >= 0.3 is 0 Å². The Balaban J connectivity index is 3.33. The number of hydrogen-bond donors (Lipinski definition) is 1. The third kappa shape index (κ3) is 3.30. The summed E-state index contributed by atoms with van der Waals surface area (Å²) in [6, 6.07) is 3.64. The molecule has 20 heavy (non-hydrogen) atoms. The highest BCUT2D eigenvalue weighted by molar-refractivity contribution is 7.98. The van der Waals surface area contributed by atoms with Crippen LogP contribution in [-0.2, 0) is 10.0 Å². The van der Waals surface area contributed by atoms with Gasteiger partial charge in [-0.15, -0.1) is 0 Å². The summed E-state index contributed by atoms with van der Waals surface area (Å²) in [6.45, 7) is 5.61. The smallest absolute Gasteiger partial charge is 0.245 e. The quantitative estimate of drug-likeness (QED) is 0.820. The van der Waals surface area contributed by atoms with Crippen molar-refractivity contribution in [3.8, 4) is 0 Å². The molecule has 0 saturated heterocycles. The van der Waals surface area contributed by atoms with Gasteiger partial charge in [0, 0.05) is 18.8 Å². The zero-order valence-corrected chi connectivity index (χ0v) is 14.4. The van der Waals surface area contributed by atoms with Crippen molar-refractivity contribution in [2.75, 3.05) is 24.8 Å². The van der Waals surface area contributed by atoms with E-state index in [1.54, 1.807) is 25.7 Å². The average molecular weight is 316 g/mol. The van der Waals surface area contributed by atoms with E-state index in [0.717, 1.165) is 17.7 Å². The molecule has 0 aliphatic carbocycles. The molecule has 1 rings (SSSR count). The van der Waals surface area contributed by atoms with Gasteiger partial charge in [0.1, 0.15) is 4.90 Å². The molecule has 0 aliphatic heterocycles. The van der Waals surface area contributed by atoms with Crippen LogP contribution in [0.25, 0.3) is 0 Å². The number of thioether (sulfide) groups is 1. The molecule has 0 radical (unpaired) electrons. The first-order chi connectivity index (χ1) is 9.27. The Labute approximate surface area is 126 Å². The van der Waals surface area contributed by atoms with E-state index in [1.807, 2.05) is 32.2 Å². The molecule has 0 aliphatic rings. The van der Waals surface area contributed by atoms with Crippen molar-refractivity contribution in [3.63, 3.8) is 0 Å². The largest absolute Gasteiger partial charge is 0.397 e. The maximum Gasteiger partial charge on any atom is 0.245 e. The van der Waals surface area contributed by atoms with E-state index in [0.29, 0.717) is 11.3 Å². The summed E-state index contributed by atoms with van der Waals surface area (Å²) >= 11 is 1.65. The van der Waals surface area contributed by atoms with Crippen LogP contribution in [-0.4, -0.2) is 37.8 Å². The molecule has 0 bridgehead atoms. The molecule has 0 heterocycles. The second-order valence-corrected chi connectivity index (χ2v) is 7.83. The highest BCUT2D eigenvalue weighted by Gasteiger charge is 2.30. The van der Waals surface area contributed by atoms with Gasteiger partial charge in [-0.3, -0.25) is 0 Å². The fourth-order valence-corrected chi connectivity index (χ4v) is 4.92. The average Bonchev–Trinajstić information content (AvgIpc) is 2.39. The Morgan fingerprint density at radius 2 is 1.85 bits per heavy atom. The number of aryl methyl sites for hydroxylation is 2. The molecule has 4 nitrogen and oxygen atoms in total. The van der Waals surface area contributed by atoms with Crippen LogP contribution in [0.4, 0.5) is 5.69 Å². The third-order valence-electron chi connectivity index (χ3n) is 3.59. The lowest BCUT2D eigenvalue weighted by molar-refractivity contribution is 0.385. The van der Waals surface area contributed by atoms with Crippen molar-refractivity contribution in [2.45, 2.75) is 38.1 Å². The van der Waals surface area contributed by atoms with Crippen molar-refractivity contribution in [1.29, 1.82) is 0 Å². The topological polar surface area (TPSA) is 63.4 Å². The Morgan fingerprint density at radius 1 is 1.30 bits per heavy atom. The summed E-state index contributed by atoms with van der Waals surface area (Å²) in [5, 5.41) is 0. The molecule has 0 fully saturated rings.